The molecule has 1 aromatic heterocycles. The molecule has 2 aromatic rings. The second-order valence-corrected chi connectivity index (χ2v) is 4.73. The van der Waals surface area contributed by atoms with Gasteiger partial charge >= 0.3 is 0 Å². The van der Waals surface area contributed by atoms with Crippen LogP contribution in [0, 0.1) is 17.1 Å². The number of rotatable bonds is 3. The Morgan fingerprint density at radius 3 is 2.89 bits per heavy atom. The molecule has 1 aliphatic rings. The lowest BCUT2D eigenvalue weighted by Gasteiger charge is -2.12. The Morgan fingerprint density at radius 2 is 2.32 bits per heavy atom. The third-order valence-electron chi connectivity index (χ3n) is 2.88. The van der Waals surface area contributed by atoms with Gasteiger partial charge in [0.05, 0.1) is 22.4 Å². The van der Waals surface area contributed by atoms with Crippen LogP contribution in [0.25, 0.3) is 11.3 Å². The lowest BCUT2D eigenvalue weighted by Crippen LogP contribution is -2.02. The van der Waals surface area contributed by atoms with Crippen LogP contribution in [0.4, 0.5) is 4.39 Å². The standard InChI is InChI=1S/C13H9ClFN3O/c14-9-5-11(19-7-1-2-7)8(6-16)12(13(9)15)10-3-4-17-18-10/h3-5,7H,1-2H2,(H,17,18). The molecule has 6 heteroatoms. The highest BCUT2D eigenvalue weighted by molar-refractivity contribution is 6.31. The Hall–Kier alpha value is -2.06. The zero-order chi connectivity index (χ0) is 13.4. The number of halogens is 2. The quantitative estimate of drug-likeness (QED) is 0.936. The summed E-state index contributed by atoms with van der Waals surface area (Å²) >= 11 is 5.87. The molecule has 0 saturated heterocycles. The van der Waals surface area contributed by atoms with E-state index in [0.29, 0.717) is 11.4 Å². The van der Waals surface area contributed by atoms with Crippen LogP contribution in [0.2, 0.25) is 5.02 Å². The molecular formula is C13H9ClFN3O. The van der Waals surface area contributed by atoms with Crippen molar-refractivity contribution in [3.05, 3.63) is 34.7 Å². The second-order valence-electron chi connectivity index (χ2n) is 4.32. The number of nitrogens with one attached hydrogen (secondary N) is 1. The molecule has 19 heavy (non-hydrogen) atoms. The molecule has 1 saturated carbocycles. The summed E-state index contributed by atoms with van der Waals surface area (Å²) in [5.41, 5.74) is 0.637. The van der Waals surface area contributed by atoms with Crippen molar-refractivity contribution in [2.24, 2.45) is 0 Å². The van der Waals surface area contributed by atoms with Gasteiger partial charge in [0.25, 0.3) is 0 Å². The number of hydrogen-bond acceptors (Lipinski definition) is 3. The number of H-pyrrole nitrogens is 1. The number of nitriles is 1. The van der Waals surface area contributed by atoms with Gasteiger partial charge in [0.1, 0.15) is 17.4 Å². The first-order valence-electron chi connectivity index (χ1n) is 5.79. The molecule has 0 bridgehead atoms. The van der Waals surface area contributed by atoms with Gasteiger partial charge in [-0.3, -0.25) is 5.10 Å². The summed E-state index contributed by atoms with van der Waals surface area (Å²) in [7, 11) is 0. The molecule has 1 aliphatic carbocycles. The van der Waals surface area contributed by atoms with Crippen LogP contribution in [-0.2, 0) is 0 Å². The summed E-state index contributed by atoms with van der Waals surface area (Å²) in [6, 6.07) is 4.92. The molecule has 1 heterocycles. The summed E-state index contributed by atoms with van der Waals surface area (Å²) < 4.78 is 19.8. The maximum atomic E-state index is 14.2. The van der Waals surface area contributed by atoms with Crippen molar-refractivity contribution in [3.8, 4) is 23.1 Å². The molecular weight excluding hydrogens is 269 g/mol. The Balaban J connectivity index is 2.20. The number of hydrogen-bond donors (Lipinski definition) is 1. The van der Waals surface area contributed by atoms with Crippen molar-refractivity contribution >= 4 is 11.6 Å². The largest absolute Gasteiger partial charge is 0.489 e. The van der Waals surface area contributed by atoms with E-state index in [4.69, 9.17) is 16.3 Å². The zero-order valence-corrected chi connectivity index (χ0v) is 10.5. The van der Waals surface area contributed by atoms with Crippen LogP contribution < -0.4 is 4.74 Å². The van der Waals surface area contributed by atoms with E-state index in [1.807, 2.05) is 6.07 Å². The van der Waals surface area contributed by atoms with E-state index < -0.39 is 5.82 Å². The molecule has 96 valence electrons. The number of benzene rings is 1. The molecule has 0 amide bonds. The molecule has 0 unspecified atom stereocenters. The first kappa shape index (κ1) is 12.0. The van der Waals surface area contributed by atoms with Crippen molar-refractivity contribution in [1.29, 1.82) is 5.26 Å². The van der Waals surface area contributed by atoms with Gasteiger partial charge in [0.15, 0.2) is 5.82 Å². The fourth-order valence-electron chi connectivity index (χ4n) is 1.82. The Labute approximate surface area is 113 Å². The normalized spacial score (nSPS) is 14.2. The van der Waals surface area contributed by atoms with E-state index in [0.717, 1.165) is 12.8 Å². The molecule has 0 spiro atoms. The van der Waals surface area contributed by atoms with Crippen molar-refractivity contribution in [3.63, 3.8) is 0 Å². The van der Waals surface area contributed by atoms with Crippen LogP contribution >= 0.6 is 11.6 Å². The van der Waals surface area contributed by atoms with E-state index in [1.165, 1.54) is 12.3 Å². The van der Waals surface area contributed by atoms with Crippen LogP contribution in [0.1, 0.15) is 18.4 Å². The molecule has 0 aliphatic heterocycles. The predicted molar refractivity (Wildman–Crippen MR) is 67.4 cm³/mol. The number of aromatic nitrogens is 2. The molecule has 1 fully saturated rings. The summed E-state index contributed by atoms with van der Waals surface area (Å²) in [6.45, 7) is 0. The van der Waals surface area contributed by atoms with E-state index in [2.05, 4.69) is 10.2 Å². The van der Waals surface area contributed by atoms with E-state index in [1.54, 1.807) is 6.07 Å². The predicted octanol–water partition coefficient (Wildman–Crippen LogP) is 3.28. The van der Waals surface area contributed by atoms with E-state index in [-0.39, 0.29) is 22.3 Å². The van der Waals surface area contributed by atoms with Crippen LogP contribution in [-0.4, -0.2) is 16.3 Å². The molecule has 3 rings (SSSR count). The average molecular weight is 278 g/mol. The molecule has 4 nitrogen and oxygen atoms in total. The fourth-order valence-corrected chi connectivity index (χ4v) is 2.01. The fraction of sp³-hybridized carbons (Fsp3) is 0.231. The van der Waals surface area contributed by atoms with Gasteiger partial charge in [-0.05, 0) is 18.9 Å². The average Bonchev–Trinajstić information content (AvgIpc) is 3.05. The lowest BCUT2D eigenvalue weighted by atomic mass is 10.0. The monoisotopic (exact) mass is 277 g/mol. The maximum absolute atomic E-state index is 14.2. The number of ether oxygens (including phenoxy) is 1. The molecule has 0 atom stereocenters. The molecule has 0 radical (unpaired) electrons. The first-order chi connectivity index (χ1) is 9.20. The van der Waals surface area contributed by atoms with Gasteiger partial charge < -0.3 is 4.74 Å². The van der Waals surface area contributed by atoms with Gasteiger partial charge in [0.2, 0.25) is 0 Å². The van der Waals surface area contributed by atoms with Crippen molar-refractivity contribution in [2.75, 3.05) is 0 Å². The maximum Gasteiger partial charge on any atom is 0.152 e. The SMILES string of the molecule is N#Cc1c(OC2CC2)cc(Cl)c(F)c1-c1ccn[nH]1. The van der Waals surface area contributed by atoms with Crippen LogP contribution in [0.5, 0.6) is 5.75 Å². The minimum Gasteiger partial charge on any atom is -0.489 e. The molecule has 1 N–H and O–H groups in total. The third-order valence-corrected chi connectivity index (χ3v) is 3.16. The van der Waals surface area contributed by atoms with Crippen molar-refractivity contribution in [2.45, 2.75) is 18.9 Å². The van der Waals surface area contributed by atoms with Gasteiger partial charge in [-0.1, -0.05) is 11.6 Å². The van der Waals surface area contributed by atoms with E-state index in [9.17, 15) is 9.65 Å². The van der Waals surface area contributed by atoms with Crippen molar-refractivity contribution in [1.82, 2.24) is 10.2 Å². The van der Waals surface area contributed by atoms with Gasteiger partial charge in [-0.25, -0.2) is 4.39 Å². The minimum absolute atomic E-state index is 0.0701. The summed E-state index contributed by atoms with van der Waals surface area (Å²) in [6.07, 6.45) is 3.47. The number of nitrogens with zero attached hydrogens (tertiary/aromatic N) is 2. The Morgan fingerprint density at radius 1 is 1.53 bits per heavy atom. The topological polar surface area (TPSA) is 61.7 Å². The highest BCUT2D eigenvalue weighted by Gasteiger charge is 2.27. The third kappa shape index (κ3) is 2.15. The Kier molecular flexibility index (Phi) is 2.88. The minimum atomic E-state index is -0.648. The summed E-state index contributed by atoms with van der Waals surface area (Å²) in [4.78, 5) is 0. The van der Waals surface area contributed by atoms with Gasteiger partial charge in [0, 0.05) is 12.3 Å². The zero-order valence-electron chi connectivity index (χ0n) is 9.78. The first-order valence-corrected chi connectivity index (χ1v) is 6.17. The Bertz CT molecular complexity index is 660. The van der Waals surface area contributed by atoms with Gasteiger partial charge in [-0.2, -0.15) is 10.4 Å². The van der Waals surface area contributed by atoms with Crippen molar-refractivity contribution < 1.29 is 9.13 Å². The molecule has 1 aromatic carbocycles. The second kappa shape index (κ2) is 4.56. The lowest BCUT2D eigenvalue weighted by molar-refractivity contribution is 0.302. The van der Waals surface area contributed by atoms with Crippen LogP contribution in [0.15, 0.2) is 18.3 Å². The summed E-state index contributed by atoms with van der Waals surface area (Å²) in [5, 5.41) is 15.6. The highest BCUT2D eigenvalue weighted by atomic mass is 35.5. The van der Waals surface area contributed by atoms with E-state index >= 15 is 0 Å². The summed E-state index contributed by atoms with van der Waals surface area (Å²) in [5.74, 6) is -0.327. The smallest absolute Gasteiger partial charge is 0.152 e. The number of aromatic amines is 1. The van der Waals surface area contributed by atoms with Gasteiger partial charge in [-0.15, -0.1) is 0 Å². The highest BCUT2D eigenvalue weighted by Crippen LogP contribution is 2.38. The van der Waals surface area contributed by atoms with Crippen LogP contribution in [0.3, 0.4) is 0 Å².